The molecule has 0 radical (unpaired) electrons. The lowest BCUT2D eigenvalue weighted by molar-refractivity contribution is -0.130. The summed E-state index contributed by atoms with van der Waals surface area (Å²) in [6, 6.07) is 14.0. The monoisotopic (exact) mass is 350 g/mol. The highest BCUT2D eigenvalue weighted by Gasteiger charge is 2.50. The van der Waals surface area contributed by atoms with Crippen LogP contribution in [0.3, 0.4) is 0 Å². The van der Waals surface area contributed by atoms with Crippen LogP contribution in [0.1, 0.15) is 30.4 Å². The van der Waals surface area contributed by atoms with Crippen molar-refractivity contribution in [1.82, 2.24) is 9.88 Å². The molecule has 2 aliphatic rings. The molecular weight excluding hydrogens is 324 g/mol. The molecule has 1 amide bonds. The Morgan fingerprint density at radius 3 is 2.85 bits per heavy atom. The highest BCUT2D eigenvalue weighted by molar-refractivity contribution is 5.79. The zero-order chi connectivity index (χ0) is 17.8. The Labute approximate surface area is 155 Å². The molecule has 1 aliphatic heterocycles. The third-order valence-corrected chi connectivity index (χ3v) is 5.97. The predicted octanol–water partition coefficient (Wildman–Crippen LogP) is 3.47. The molecule has 1 aromatic heterocycles. The molecule has 2 aromatic rings. The number of hydrogen-bond acceptors (Lipinski definition) is 3. The number of rotatable bonds is 6. The van der Waals surface area contributed by atoms with E-state index in [2.05, 4.69) is 9.88 Å². The van der Waals surface area contributed by atoms with Crippen molar-refractivity contribution in [2.24, 2.45) is 11.3 Å². The maximum atomic E-state index is 12.8. The largest absolute Gasteiger partial charge is 0.376 e. The minimum absolute atomic E-state index is 0.147. The molecule has 0 unspecified atom stereocenters. The third-order valence-electron chi connectivity index (χ3n) is 5.97. The number of carbonyl (C=O) groups is 1. The van der Waals surface area contributed by atoms with Gasteiger partial charge in [-0.1, -0.05) is 42.8 Å². The lowest BCUT2D eigenvalue weighted by Crippen LogP contribution is -2.35. The lowest BCUT2D eigenvalue weighted by Gasteiger charge is -2.28. The summed E-state index contributed by atoms with van der Waals surface area (Å²) >= 11 is 0. The van der Waals surface area contributed by atoms with Crippen LogP contribution >= 0.6 is 0 Å². The molecule has 4 rings (SSSR count). The van der Waals surface area contributed by atoms with Crippen molar-refractivity contribution >= 4 is 5.91 Å². The topological polar surface area (TPSA) is 42.4 Å². The normalized spacial score (nSPS) is 24.6. The second-order valence-electron chi connectivity index (χ2n) is 7.74. The summed E-state index contributed by atoms with van der Waals surface area (Å²) in [4.78, 5) is 19.0. The van der Waals surface area contributed by atoms with E-state index in [1.54, 1.807) is 6.20 Å². The van der Waals surface area contributed by atoms with Crippen LogP contribution in [0, 0.1) is 11.3 Å². The Balaban J connectivity index is 1.36. The third kappa shape index (κ3) is 3.65. The fraction of sp³-hybridized carbons (Fsp3) is 0.455. The molecule has 1 saturated heterocycles. The first kappa shape index (κ1) is 17.2. The number of ether oxygens (including phenoxy) is 1. The van der Waals surface area contributed by atoms with Crippen LogP contribution in [-0.4, -0.2) is 35.5 Å². The zero-order valence-electron chi connectivity index (χ0n) is 15.1. The number of aromatic nitrogens is 1. The van der Waals surface area contributed by atoms with Gasteiger partial charge < -0.3 is 9.64 Å². The van der Waals surface area contributed by atoms with Gasteiger partial charge in [-0.2, -0.15) is 0 Å². The SMILES string of the molecule is O=C(Cc1ccccc1)N1C[C@@H]2CCC[C@]2(COCc2cccnc2)C1. The fourth-order valence-electron chi connectivity index (χ4n) is 4.58. The minimum atomic E-state index is 0.147. The van der Waals surface area contributed by atoms with E-state index in [-0.39, 0.29) is 11.3 Å². The molecule has 0 spiro atoms. The van der Waals surface area contributed by atoms with E-state index in [0.717, 1.165) is 30.8 Å². The van der Waals surface area contributed by atoms with Crippen molar-refractivity contribution in [2.75, 3.05) is 19.7 Å². The van der Waals surface area contributed by atoms with E-state index in [9.17, 15) is 4.79 Å². The summed E-state index contributed by atoms with van der Waals surface area (Å²) in [6.45, 7) is 3.07. The van der Waals surface area contributed by atoms with Gasteiger partial charge in [0.05, 0.1) is 19.6 Å². The van der Waals surface area contributed by atoms with E-state index in [4.69, 9.17) is 4.74 Å². The lowest BCUT2D eigenvalue weighted by atomic mass is 9.81. The molecule has 1 saturated carbocycles. The Morgan fingerprint density at radius 2 is 2.04 bits per heavy atom. The van der Waals surface area contributed by atoms with Crippen molar-refractivity contribution in [1.29, 1.82) is 0 Å². The summed E-state index contributed by atoms with van der Waals surface area (Å²) in [7, 11) is 0. The first-order valence-corrected chi connectivity index (χ1v) is 9.54. The molecule has 0 bridgehead atoms. The van der Waals surface area contributed by atoms with Crippen molar-refractivity contribution in [2.45, 2.75) is 32.3 Å². The second-order valence-corrected chi connectivity index (χ2v) is 7.74. The van der Waals surface area contributed by atoms with Crippen molar-refractivity contribution in [3.63, 3.8) is 0 Å². The number of benzene rings is 1. The molecule has 2 fully saturated rings. The zero-order valence-corrected chi connectivity index (χ0v) is 15.1. The molecule has 2 atom stereocenters. The van der Waals surface area contributed by atoms with Crippen molar-refractivity contribution in [3.8, 4) is 0 Å². The van der Waals surface area contributed by atoms with Gasteiger partial charge in [-0.05, 0) is 36.0 Å². The van der Waals surface area contributed by atoms with Crippen molar-refractivity contribution in [3.05, 3.63) is 66.0 Å². The van der Waals surface area contributed by atoms with E-state index >= 15 is 0 Å². The predicted molar refractivity (Wildman–Crippen MR) is 100 cm³/mol. The van der Waals surface area contributed by atoms with Crippen LogP contribution in [-0.2, 0) is 22.6 Å². The van der Waals surface area contributed by atoms with Gasteiger partial charge in [0.1, 0.15) is 0 Å². The summed E-state index contributed by atoms with van der Waals surface area (Å²) in [5.74, 6) is 0.827. The summed E-state index contributed by atoms with van der Waals surface area (Å²) in [5.41, 5.74) is 2.35. The van der Waals surface area contributed by atoms with Crippen LogP contribution in [0.4, 0.5) is 0 Å². The molecule has 26 heavy (non-hydrogen) atoms. The number of carbonyl (C=O) groups excluding carboxylic acids is 1. The number of likely N-dealkylation sites (tertiary alicyclic amines) is 1. The Kier molecular flexibility index (Phi) is 5.02. The van der Waals surface area contributed by atoms with E-state index in [0.29, 0.717) is 18.9 Å². The highest BCUT2D eigenvalue weighted by atomic mass is 16.5. The Bertz CT molecular complexity index is 734. The van der Waals surface area contributed by atoms with Gasteiger partial charge >= 0.3 is 0 Å². The smallest absolute Gasteiger partial charge is 0.227 e. The average Bonchev–Trinajstić information content (AvgIpc) is 3.21. The van der Waals surface area contributed by atoms with Crippen LogP contribution in [0.25, 0.3) is 0 Å². The molecule has 136 valence electrons. The number of fused-ring (bicyclic) bond motifs is 1. The maximum Gasteiger partial charge on any atom is 0.227 e. The quantitative estimate of drug-likeness (QED) is 0.801. The second kappa shape index (κ2) is 7.58. The van der Waals surface area contributed by atoms with E-state index in [1.807, 2.05) is 48.7 Å². The molecule has 1 aromatic carbocycles. The molecular formula is C22H26N2O2. The van der Waals surface area contributed by atoms with Gasteiger partial charge in [0.15, 0.2) is 0 Å². The maximum absolute atomic E-state index is 12.8. The number of pyridine rings is 1. The van der Waals surface area contributed by atoms with Gasteiger partial charge in [0.2, 0.25) is 5.91 Å². The van der Waals surface area contributed by atoms with Crippen LogP contribution < -0.4 is 0 Å². The Morgan fingerprint density at radius 1 is 1.19 bits per heavy atom. The summed E-state index contributed by atoms with van der Waals surface area (Å²) in [5, 5.41) is 0. The standard InChI is InChI=1S/C22H26N2O2/c25-21(12-18-6-2-1-3-7-18)24-14-20-9-4-10-22(20,16-24)17-26-15-19-8-5-11-23-13-19/h1-3,5-8,11,13,20H,4,9-10,12,14-17H2/t20-,22+/m0/s1. The fourth-order valence-corrected chi connectivity index (χ4v) is 4.58. The molecule has 1 aliphatic carbocycles. The minimum Gasteiger partial charge on any atom is -0.376 e. The molecule has 2 heterocycles. The number of hydrogen-bond donors (Lipinski definition) is 0. The van der Waals surface area contributed by atoms with Crippen LogP contribution in [0.2, 0.25) is 0 Å². The molecule has 4 nitrogen and oxygen atoms in total. The van der Waals surface area contributed by atoms with Crippen LogP contribution in [0.5, 0.6) is 0 Å². The van der Waals surface area contributed by atoms with Gasteiger partial charge in [0.25, 0.3) is 0 Å². The van der Waals surface area contributed by atoms with Gasteiger partial charge in [-0.15, -0.1) is 0 Å². The highest BCUT2D eigenvalue weighted by Crippen LogP contribution is 2.49. The molecule has 4 heteroatoms. The van der Waals surface area contributed by atoms with Gasteiger partial charge in [-0.25, -0.2) is 0 Å². The van der Waals surface area contributed by atoms with Crippen LogP contribution in [0.15, 0.2) is 54.9 Å². The summed E-state index contributed by atoms with van der Waals surface area (Å²) in [6.07, 6.45) is 7.77. The van der Waals surface area contributed by atoms with E-state index < -0.39 is 0 Å². The first-order valence-electron chi connectivity index (χ1n) is 9.54. The number of nitrogens with zero attached hydrogens (tertiary/aromatic N) is 2. The molecule has 0 N–H and O–H groups in total. The number of amides is 1. The summed E-state index contributed by atoms with van der Waals surface area (Å²) < 4.78 is 6.08. The van der Waals surface area contributed by atoms with E-state index in [1.165, 1.54) is 19.3 Å². The first-order chi connectivity index (χ1) is 12.8. The van der Waals surface area contributed by atoms with Gasteiger partial charge in [-0.3, -0.25) is 9.78 Å². The van der Waals surface area contributed by atoms with Crippen molar-refractivity contribution < 1.29 is 9.53 Å². The average molecular weight is 350 g/mol. The van der Waals surface area contributed by atoms with Gasteiger partial charge in [0, 0.05) is 30.9 Å². The Hall–Kier alpha value is -2.20.